The Bertz CT molecular complexity index is 1690. The Morgan fingerprint density at radius 2 is 1.89 bits per heavy atom. The summed E-state index contributed by atoms with van der Waals surface area (Å²) in [5, 5.41) is 14.2. The third-order valence-electron chi connectivity index (χ3n) is 5.92. The molecule has 4 heterocycles. The molecule has 0 N–H and O–H groups in total. The van der Waals surface area contributed by atoms with Crippen LogP contribution in [0.25, 0.3) is 27.5 Å². The van der Waals surface area contributed by atoms with Crippen LogP contribution in [0, 0.1) is 19.3 Å². The number of fused-ring (bicyclic) bond motifs is 2. The van der Waals surface area contributed by atoms with Crippen LogP contribution in [0.4, 0.5) is 0 Å². The molecule has 0 saturated carbocycles. The molecule has 0 radical (unpaired) electrons. The predicted octanol–water partition coefficient (Wildman–Crippen LogP) is 4.74. The molecule has 0 spiro atoms. The molecule has 0 fully saturated rings. The van der Waals surface area contributed by atoms with Gasteiger partial charge < -0.3 is 14.0 Å². The molecule has 198 valence electrons. The Morgan fingerprint density at radius 3 is 2.63 bits per heavy atom. The highest BCUT2D eigenvalue weighted by Crippen LogP contribution is 2.35. The second-order valence-corrected chi connectivity index (χ2v) is 10.2. The summed E-state index contributed by atoms with van der Waals surface area (Å²) in [6.07, 6.45) is 12.0. The normalized spacial score (nSPS) is 11.2. The van der Waals surface area contributed by atoms with E-state index in [1.165, 1.54) is 4.57 Å². The third kappa shape index (κ3) is 5.15. The van der Waals surface area contributed by atoms with Gasteiger partial charge in [0.1, 0.15) is 11.2 Å². The molecule has 0 aliphatic rings. The van der Waals surface area contributed by atoms with Gasteiger partial charge in [-0.2, -0.15) is 10.2 Å². The Kier molecular flexibility index (Phi) is 8.74. The Morgan fingerprint density at radius 1 is 1.13 bits per heavy atom. The van der Waals surface area contributed by atoms with Crippen molar-refractivity contribution < 1.29 is 9.47 Å². The molecule has 5 aromatic rings. The summed E-state index contributed by atoms with van der Waals surface area (Å²) in [6.45, 7) is 6.66. The first-order valence-electron chi connectivity index (χ1n) is 12.1. The fraction of sp³-hybridized carbons (Fsp3) is 0.308. The average Bonchev–Trinajstić information content (AvgIpc) is 3.59. The first-order valence-corrected chi connectivity index (χ1v) is 16.2. The standard InChI is InChI=1S/C24H23IN7O3P.C2H6/c1-5-19-17-13-16(7-8-20(17)32(27-19)36-25)18-14-26-30(4)24(18)35-12-6-11-34-22-15(2)21-23(33)29(3)9-10-31(21)28-22;1-2/h1,7-10,13-14,36H,6,11-12H2,2-4H3;1-2H3. The number of nitrogens with zero attached hydrogens (tertiary/aromatic N) is 7. The zero-order valence-electron chi connectivity index (χ0n) is 21.9. The molecule has 12 heteroatoms. The lowest BCUT2D eigenvalue weighted by molar-refractivity contribution is 0.231. The van der Waals surface area contributed by atoms with Crippen molar-refractivity contribution in [2.45, 2.75) is 27.2 Å². The minimum atomic E-state index is -0.112. The van der Waals surface area contributed by atoms with Gasteiger partial charge in [0.25, 0.3) is 5.56 Å². The topological polar surface area (TPSA) is 93.4 Å². The molecule has 0 bridgehead atoms. The Hall–Kier alpha value is -3.36. The van der Waals surface area contributed by atoms with Crippen LogP contribution in [-0.4, -0.2) is 46.7 Å². The molecule has 38 heavy (non-hydrogen) atoms. The van der Waals surface area contributed by atoms with Crippen molar-refractivity contribution in [2.24, 2.45) is 14.1 Å². The van der Waals surface area contributed by atoms with Gasteiger partial charge in [-0.05, 0) is 52.6 Å². The largest absolute Gasteiger partial charge is 0.477 e. The van der Waals surface area contributed by atoms with E-state index < -0.39 is 0 Å². The quantitative estimate of drug-likeness (QED) is 0.105. The van der Waals surface area contributed by atoms with Gasteiger partial charge in [-0.25, -0.2) is 13.6 Å². The number of halogens is 1. The van der Waals surface area contributed by atoms with Crippen LogP contribution in [0.15, 0.2) is 41.6 Å². The van der Waals surface area contributed by atoms with Gasteiger partial charge in [-0.3, -0.25) is 4.79 Å². The van der Waals surface area contributed by atoms with Crippen LogP contribution in [0.1, 0.15) is 31.5 Å². The first kappa shape index (κ1) is 27.7. The molecule has 0 aliphatic heterocycles. The van der Waals surface area contributed by atoms with Gasteiger partial charge in [-0.15, -0.1) is 11.5 Å². The van der Waals surface area contributed by atoms with Crippen molar-refractivity contribution >= 4 is 44.8 Å². The summed E-state index contributed by atoms with van der Waals surface area (Å²) in [7, 11) is 3.56. The van der Waals surface area contributed by atoms with E-state index in [2.05, 4.69) is 43.3 Å². The van der Waals surface area contributed by atoms with E-state index in [-0.39, 0.29) is 5.56 Å². The van der Waals surface area contributed by atoms with Gasteiger partial charge in [0.15, 0.2) is 0 Å². The molecule has 0 amide bonds. The van der Waals surface area contributed by atoms with Gasteiger partial charge in [0.05, 0.1) is 36.9 Å². The van der Waals surface area contributed by atoms with Crippen molar-refractivity contribution in [2.75, 3.05) is 13.2 Å². The molecule has 4 aromatic heterocycles. The number of rotatable bonds is 8. The van der Waals surface area contributed by atoms with Gasteiger partial charge >= 0.3 is 0 Å². The van der Waals surface area contributed by atoms with Crippen LogP contribution in [-0.2, 0) is 14.1 Å². The fourth-order valence-electron chi connectivity index (χ4n) is 4.05. The summed E-state index contributed by atoms with van der Waals surface area (Å²) in [5.74, 6) is 3.79. The summed E-state index contributed by atoms with van der Waals surface area (Å²) < 4.78 is 18.7. The molecular formula is C26H29IN7O3P. The summed E-state index contributed by atoms with van der Waals surface area (Å²) in [6, 6.07) is 6.09. The minimum absolute atomic E-state index is 0.112. The van der Waals surface area contributed by atoms with Crippen LogP contribution in [0.2, 0.25) is 0 Å². The first-order chi connectivity index (χ1) is 18.4. The Labute approximate surface area is 235 Å². The molecular weight excluding hydrogens is 616 g/mol. The van der Waals surface area contributed by atoms with Crippen LogP contribution >= 0.6 is 28.4 Å². The number of aromatic nitrogens is 7. The lowest BCUT2D eigenvalue weighted by Crippen LogP contribution is -2.18. The van der Waals surface area contributed by atoms with Crippen molar-refractivity contribution in [1.82, 2.24) is 33.5 Å². The van der Waals surface area contributed by atoms with Crippen molar-refractivity contribution in [1.29, 1.82) is 0 Å². The van der Waals surface area contributed by atoms with Gasteiger partial charge in [0, 0.05) is 43.9 Å². The third-order valence-corrected chi connectivity index (χ3v) is 7.79. The number of hydrogen-bond acceptors (Lipinski definition) is 6. The minimum Gasteiger partial charge on any atom is -0.477 e. The number of hydrogen-bond donors (Lipinski definition) is 0. The molecule has 1 aromatic carbocycles. The predicted molar refractivity (Wildman–Crippen MR) is 160 cm³/mol. The zero-order chi connectivity index (χ0) is 27.4. The van der Waals surface area contributed by atoms with Crippen molar-refractivity contribution in [3.63, 3.8) is 0 Å². The summed E-state index contributed by atoms with van der Waals surface area (Å²) >= 11 is 2.29. The highest BCUT2D eigenvalue weighted by Gasteiger charge is 2.17. The second kappa shape index (κ2) is 12.0. The monoisotopic (exact) mass is 645 g/mol. The molecule has 1 atom stereocenters. The van der Waals surface area contributed by atoms with E-state index in [0.29, 0.717) is 49.0 Å². The van der Waals surface area contributed by atoms with E-state index >= 15 is 0 Å². The molecule has 1 unspecified atom stereocenters. The number of terminal acetylenes is 1. The lowest BCUT2D eigenvalue weighted by Gasteiger charge is -2.10. The SMILES string of the molecule is C#Cc1nn(PI)c2ccc(-c3cnn(C)c3OCCCOc3nn4ccn(C)c(=O)c4c3C)cc12.CC. The molecule has 0 aliphatic carbocycles. The van der Waals surface area contributed by atoms with E-state index in [9.17, 15) is 4.79 Å². The highest BCUT2D eigenvalue weighted by atomic mass is 127. The van der Waals surface area contributed by atoms with E-state index in [4.69, 9.17) is 15.9 Å². The Balaban J connectivity index is 0.00000164. The van der Waals surface area contributed by atoms with Gasteiger partial charge in [-0.1, -0.05) is 19.9 Å². The van der Waals surface area contributed by atoms with Crippen LogP contribution < -0.4 is 15.0 Å². The van der Waals surface area contributed by atoms with Crippen LogP contribution in [0.5, 0.6) is 11.8 Å². The highest BCUT2D eigenvalue weighted by molar-refractivity contribution is 14.2. The molecule has 0 saturated heterocycles. The average molecular weight is 645 g/mol. The van der Waals surface area contributed by atoms with Crippen LogP contribution in [0.3, 0.4) is 0 Å². The maximum Gasteiger partial charge on any atom is 0.276 e. The van der Waals surface area contributed by atoms with Crippen molar-refractivity contribution in [3.8, 4) is 35.2 Å². The second-order valence-electron chi connectivity index (χ2n) is 8.20. The smallest absolute Gasteiger partial charge is 0.276 e. The lowest BCUT2D eigenvalue weighted by atomic mass is 10.1. The molecule has 5 rings (SSSR count). The summed E-state index contributed by atoms with van der Waals surface area (Å²) in [4.78, 5) is 12.4. The van der Waals surface area contributed by atoms with E-state index in [1.807, 2.05) is 50.5 Å². The number of benzene rings is 1. The maximum atomic E-state index is 12.4. The van der Waals surface area contributed by atoms with E-state index in [1.54, 1.807) is 34.8 Å². The summed E-state index contributed by atoms with van der Waals surface area (Å²) in [5.41, 5.74) is 4.58. The maximum absolute atomic E-state index is 12.4. The van der Waals surface area contributed by atoms with E-state index in [0.717, 1.165) is 27.6 Å². The van der Waals surface area contributed by atoms with Gasteiger partial charge in [0.2, 0.25) is 11.8 Å². The fourth-order valence-corrected chi connectivity index (χ4v) is 5.57. The number of ether oxygens (including phenoxy) is 2. The van der Waals surface area contributed by atoms with Crippen molar-refractivity contribution in [3.05, 3.63) is 58.4 Å². The molecule has 10 nitrogen and oxygen atoms in total. The zero-order valence-corrected chi connectivity index (χ0v) is 25.1. The number of aryl methyl sites for hydroxylation is 3.